The quantitative estimate of drug-likeness (QED) is 0.774. The molecule has 0 aliphatic carbocycles. The van der Waals surface area contributed by atoms with E-state index in [4.69, 9.17) is 10.2 Å². The maximum atomic E-state index is 6.01. The van der Waals surface area contributed by atoms with Gasteiger partial charge in [0.25, 0.3) is 0 Å². The van der Waals surface area contributed by atoms with Gasteiger partial charge in [-0.3, -0.25) is 9.25 Å². The van der Waals surface area contributed by atoms with Gasteiger partial charge in [0.1, 0.15) is 11.3 Å². The molecule has 0 amide bonds. The molecular weight excluding hydrogens is 242 g/mol. The van der Waals surface area contributed by atoms with Gasteiger partial charge in [-0.1, -0.05) is 6.92 Å². The van der Waals surface area contributed by atoms with E-state index in [1.54, 1.807) is 6.26 Å². The monoisotopic (exact) mass is 259 g/mol. The first kappa shape index (κ1) is 11.8. The lowest BCUT2D eigenvalue weighted by Crippen LogP contribution is -2.08. The summed E-state index contributed by atoms with van der Waals surface area (Å²) in [7, 11) is 1.92. The number of furan rings is 1. The van der Waals surface area contributed by atoms with E-state index in [1.807, 2.05) is 28.4 Å². The summed E-state index contributed by atoms with van der Waals surface area (Å²) in [6.07, 6.45) is 3.32. The van der Waals surface area contributed by atoms with Crippen LogP contribution in [0.4, 0.5) is 5.95 Å². The van der Waals surface area contributed by atoms with Crippen LogP contribution in [0.5, 0.6) is 0 Å². The lowest BCUT2D eigenvalue weighted by molar-refractivity contribution is 0.492. The van der Waals surface area contributed by atoms with Crippen molar-refractivity contribution in [3.05, 3.63) is 29.9 Å². The highest BCUT2D eigenvalue weighted by molar-refractivity contribution is 5.77. The van der Waals surface area contributed by atoms with Crippen LogP contribution in [0.25, 0.3) is 11.2 Å². The summed E-state index contributed by atoms with van der Waals surface area (Å²) in [5.41, 5.74) is 8.87. The molecule has 19 heavy (non-hydrogen) atoms. The highest BCUT2D eigenvalue weighted by atomic mass is 16.3. The molecule has 0 radical (unpaired) electrons. The summed E-state index contributed by atoms with van der Waals surface area (Å²) in [5.74, 6) is 1.48. The van der Waals surface area contributed by atoms with Crippen LogP contribution in [0.1, 0.15) is 18.4 Å². The fourth-order valence-corrected chi connectivity index (χ4v) is 2.39. The van der Waals surface area contributed by atoms with Crippen molar-refractivity contribution in [1.82, 2.24) is 19.3 Å². The molecule has 0 saturated heterocycles. The molecule has 3 heterocycles. The van der Waals surface area contributed by atoms with E-state index in [9.17, 15) is 0 Å². The molecule has 3 aromatic rings. The average Bonchev–Trinajstić information content (AvgIpc) is 3.06. The number of rotatable bonds is 4. The van der Waals surface area contributed by atoms with Gasteiger partial charge in [0.15, 0.2) is 5.65 Å². The van der Waals surface area contributed by atoms with E-state index in [0.717, 1.165) is 42.0 Å². The molecule has 3 rings (SSSR count). The fourth-order valence-electron chi connectivity index (χ4n) is 2.39. The molecule has 3 aromatic heterocycles. The zero-order valence-corrected chi connectivity index (χ0v) is 11.1. The van der Waals surface area contributed by atoms with Crippen LogP contribution in [-0.2, 0) is 26.4 Å². The molecular formula is C13H17N5O. The molecule has 0 saturated carbocycles. The number of aryl methyl sites for hydroxylation is 4. The van der Waals surface area contributed by atoms with Gasteiger partial charge in [-0.15, -0.1) is 0 Å². The Labute approximate surface area is 110 Å². The van der Waals surface area contributed by atoms with Gasteiger partial charge in [-0.2, -0.15) is 5.10 Å². The zero-order valence-electron chi connectivity index (χ0n) is 11.1. The SMILES string of the molecule is CCc1nn(C)c2c1nc(N)n2CCc1ccco1. The van der Waals surface area contributed by atoms with Crippen LogP contribution >= 0.6 is 0 Å². The summed E-state index contributed by atoms with van der Waals surface area (Å²) >= 11 is 0. The second-order valence-electron chi connectivity index (χ2n) is 4.55. The van der Waals surface area contributed by atoms with Crippen LogP contribution in [0.2, 0.25) is 0 Å². The molecule has 0 bridgehead atoms. The third-order valence-corrected chi connectivity index (χ3v) is 3.32. The number of aromatic nitrogens is 4. The molecule has 0 aliphatic heterocycles. The maximum absolute atomic E-state index is 6.01. The smallest absolute Gasteiger partial charge is 0.202 e. The second-order valence-corrected chi connectivity index (χ2v) is 4.55. The van der Waals surface area contributed by atoms with Crippen molar-refractivity contribution in [2.45, 2.75) is 26.3 Å². The molecule has 0 aliphatic rings. The van der Waals surface area contributed by atoms with E-state index in [0.29, 0.717) is 5.95 Å². The number of nitrogens with zero attached hydrogens (tertiary/aromatic N) is 4. The van der Waals surface area contributed by atoms with Gasteiger partial charge in [0.05, 0.1) is 12.0 Å². The standard InChI is InChI=1S/C13H17N5O/c1-3-10-11-12(17(2)16-10)18(13(14)15-11)7-6-9-5-4-8-19-9/h4-5,8H,3,6-7H2,1-2H3,(H2,14,15). The summed E-state index contributed by atoms with van der Waals surface area (Å²) in [6, 6.07) is 3.85. The molecule has 0 spiro atoms. The zero-order chi connectivity index (χ0) is 13.4. The highest BCUT2D eigenvalue weighted by Crippen LogP contribution is 2.21. The van der Waals surface area contributed by atoms with E-state index >= 15 is 0 Å². The molecule has 2 N–H and O–H groups in total. The van der Waals surface area contributed by atoms with E-state index in [-0.39, 0.29) is 0 Å². The molecule has 0 unspecified atom stereocenters. The van der Waals surface area contributed by atoms with Crippen molar-refractivity contribution in [1.29, 1.82) is 0 Å². The number of hydrogen-bond donors (Lipinski definition) is 1. The minimum absolute atomic E-state index is 0.532. The van der Waals surface area contributed by atoms with Crippen LogP contribution in [-0.4, -0.2) is 19.3 Å². The number of fused-ring (bicyclic) bond motifs is 1. The molecule has 6 nitrogen and oxygen atoms in total. The Hall–Kier alpha value is -2.24. The maximum Gasteiger partial charge on any atom is 0.202 e. The highest BCUT2D eigenvalue weighted by Gasteiger charge is 2.16. The van der Waals surface area contributed by atoms with Gasteiger partial charge >= 0.3 is 0 Å². The Balaban J connectivity index is 1.98. The third-order valence-electron chi connectivity index (χ3n) is 3.32. The first-order valence-electron chi connectivity index (χ1n) is 6.40. The third kappa shape index (κ3) is 1.89. The molecule has 0 aromatic carbocycles. The lowest BCUT2D eigenvalue weighted by Gasteiger charge is -2.05. The summed E-state index contributed by atoms with van der Waals surface area (Å²) in [4.78, 5) is 4.43. The van der Waals surface area contributed by atoms with Crippen molar-refractivity contribution in [2.24, 2.45) is 7.05 Å². The number of anilines is 1. The van der Waals surface area contributed by atoms with Gasteiger partial charge in [-0.05, 0) is 18.6 Å². The van der Waals surface area contributed by atoms with E-state index in [1.165, 1.54) is 0 Å². The van der Waals surface area contributed by atoms with Crippen LogP contribution in [0, 0.1) is 0 Å². The first-order chi connectivity index (χ1) is 9.20. The first-order valence-corrected chi connectivity index (χ1v) is 6.40. The van der Waals surface area contributed by atoms with Crippen LogP contribution < -0.4 is 5.73 Å². The molecule has 100 valence electrons. The van der Waals surface area contributed by atoms with Gasteiger partial charge in [0, 0.05) is 20.0 Å². The van der Waals surface area contributed by atoms with Crippen molar-refractivity contribution in [2.75, 3.05) is 5.73 Å². The lowest BCUT2D eigenvalue weighted by atomic mass is 10.3. The van der Waals surface area contributed by atoms with Gasteiger partial charge in [-0.25, -0.2) is 4.98 Å². The second kappa shape index (κ2) is 4.46. The van der Waals surface area contributed by atoms with Crippen LogP contribution in [0.15, 0.2) is 22.8 Å². The molecule has 0 fully saturated rings. The molecule has 6 heteroatoms. The Morgan fingerprint density at radius 2 is 2.26 bits per heavy atom. The fraction of sp³-hybridized carbons (Fsp3) is 0.385. The van der Waals surface area contributed by atoms with Crippen molar-refractivity contribution in [3.8, 4) is 0 Å². The Bertz CT molecular complexity index is 692. The van der Waals surface area contributed by atoms with Crippen molar-refractivity contribution >= 4 is 17.1 Å². The predicted octanol–water partition coefficient (Wildman–Crippen LogP) is 1.75. The summed E-state index contributed by atoms with van der Waals surface area (Å²) in [6.45, 7) is 2.80. The number of imidazole rings is 1. The Morgan fingerprint density at radius 1 is 1.42 bits per heavy atom. The Kier molecular flexibility index (Phi) is 2.77. The van der Waals surface area contributed by atoms with Crippen LogP contribution in [0.3, 0.4) is 0 Å². The normalized spacial score (nSPS) is 11.5. The number of hydrogen-bond acceptors (Lipinski definition) is 4. The summed E-state index contributed by atoms with van der Waals surface area (Å²) < 4.78 is 9.18. The average molecular weight is 259 g/mol. The van der Waals surface area contributed by atoms with Crippen molar-refractivity contribution < 1.29 is 4.42 Å². The topological polar surface area (TPSA) is 74.8 Å². The van der Waals surface area contributed by atoms with Gasteiger partial charge in [0.2, 0.25) is 5.95 Å². The summed E-state index contributed by atoms with van der Waals surface area (Å²) in [5, 5.41) is 4.47. The minimum atomic E-state index is 0.532. The largest absolute Gasteiger partial charge is 0.469 e. The minimum Gasteiger partial charge on any atom is -0.469 e. The van der Waals surface area contributed by atoms with E-state index < -0.39 is 0 Å². The number of nitrogen functional groups attached to an aromatic ring is 1. The Morgan fingerprint density at radius 3 is 2.95 bits per heavy atom. The van der Waals surface area contributed by atoms with Gasteiger partial charge < -0.3 is 10.2 Å². The van der Waals surface area contributed by atoms with Crippen molar-refractivity contribution in [3.63, 3.8) is 0 Å². The van der Waals surface area contributed by atoms with E-state index in [2.05, 4.69) is 17.0 Å². The molecule has 0 atom stereocenters. The predicted molar refractivity (Wildman–Crippen MR) is 72.7 cm³/mol. The number of nitrogens with two attached hydrogens (primary N) is 1.